The molecule has 25 heavy (non-hydrogen) atoms. The van der Waals surface area contributed by atoms with Gasteiger partial charge in [-0.25, -0.2) is 0 Å². The van der Waals surface area contributed by atoms with Gasteiger partial charge in [-0.05, 0) is 17.7 Å². The summed E-state index contributed by atoms with van der Waals surface area (Å²) in [4.78, 5) is 11.7. The molecule has 0 radical (unpaired) electrons. The zero-order chi connectivity index (χ0) is 17.6. The lowest BCUT2D eigenvalue weighted by Gasteiger charge is -2.09. The molecule has 0 saturated heterocycles. The maximum absolute atomic E-state index is 11.7. The summed E-state index contributed by atoms with van der Waals surface area (Å²) in [7, 11) is 1.62. The van der Waals surface area contributed by atoms with Crippen molar-refractivity contribution in [2.75, 3.05) is 17.9 Å². The number of nitrogens with zero attached hydrogens (tertiary/aromatic N) is 1. The van der Waals surface area contributed by atoms with Gasteiger partial charge in [-0.15, -0.1) is 0 Å². The number of rotatable bonds is 7. The summed E-state index contributed by atoms with van der Waals surface area (Å²) in [6, 6.07) is 17.5. The third-order valence-electron chi connectivity index (χ3n) is 3.75. The monoisotopic (exact) mass is 336 g/mol. The van der Waals surface area contributed by atoms with Gasteiger partial charge in [0.15, 0.2) is 0 Å². The number of hydrogen-bond acceptors (Lipinski definition) is 4. The van der Waals surface area contributed by atoms with Gasteiger partial charge in [0.1, 0.15) is 5.75 Å². The molecule has 4 N–H and O–H groups in total. The molecule has 0 bridgehead atoms. The van der Waals surface area contributed by atoms with Crippen LogP contribution in [-0.2, 0) is 6.54 Å². The Balaban J connectivity index is 1.78. The fourth-order valence-electron chi connectivity index (χ4n) is 2.49. The lowest BCUT2D eigenvalue weighted by atomic mass is 10.2. The maximum Gasteiger partial charge on any atom is 0.252 e. The molecular formula is C19H20N4O2. The summed E-state index contributed by atoms with van der Waals surface area (Å²) in [6.45, 7) is 0.601. The molecule has 1 heterocycles. The Morgan fingerprint density at radius 1 is 1.12 bits per heavy atom. The van der Waals surface area contributed by atoms with Gasteiger partial charge < -0.3 is 15.8 Å². The molecule has 6 nitrogen and oxygen atoms in total. The third-order valence-corrected chi connectivity index (χ3v) is 3.75. The lowest BCUT2D eigenvalue weighted by molar-refractivity contribution is 0.100. The predicted octanol–water partition coefficient (Wildman–Crippen LogP) is 3.08. The summed E-state index contributed by atoms with van der Waals surface area (Å²) in [5, 5.41) is 3.25. The van der Waals surface area contributed by atoms with E-state index in [4.69, 9.17) is 10.5 Å². The topological polar surface area (TPSA) is 81.3 Å². The number of ether oxygens (including phenoxy) is 1. The molecular weight excluding hydrogens is 316 g/mol. The zero-order valence-electron chi connectivity index (χ0n) is 13.9. The zero-order valence-corrected chi connectivity index (χ0v) is 13.9. The Labute approximate surface area is 146 Å². The number of carbonyl (C=O) groups excluding carboxylic acids is 1. The molecule has 1 aromatic heterocycles. The fraction of sp³-hybridized carbons (Fsp3) is 0.105. The fourth-order valence-corrected chi connectivity index (χ4v) is 2.49. The van der Waals surface area contributed by atoms with Crippen LogP contribution in [0.3, 0.4) is 0 Å². The van der Waals surface area contributed by atoms with Gasteiger partial charge in [0.05, 0.1) is 30.2 Å². The Morgan fingerprint density at radius 2 is 1.92 bits per heavy atom. The van der Waals surface area contributed by atoms with Crippen LogP contribution in [0.1, 0.15) is 15.9 Å². The molecule has 0 aliphatic heterocycles. The predicted molar refractivity (Wildman–Crippen MR) is 98.7 cm³/mol. The standard InChI is InChI=1S/C19H20N4O2/c1-25-16-9-5-8-15(10-16)22-23-12-17(19(20)24)18(13-23)21-11-14-6-3-2-4-7-14/h2-10,12-13,21-22H,11H2,1H3,(H2,20,24). The van der Waals surface area contributed by atoms with Crippen molar-refractivity contribution in [3.8, 4) is 5.75 Å². The van der Waals surface area contributed by atoms with Gasteiger partial charge >= 0.3 is 0 Å². The first-order chi connectivity index (χ1) is 12.2. The summed E-state index contributed by atoms with van der Waals surface area (Å²) < 4.78 is 6.91. The highest BCUT2D eigenvalue weighted by Gasteiger charge is 2.12. The van der Waals surface area contributed by atoms with E-state index in [9.17, 15) is 4.79 Å². The minimum atomic E-state index is -0.484. The second kappa shape index (κ2) is 7.44. The first-order valence-corrected chi connectivity index (χ1v) is 7.86. The minimum absolute atomic E-state index is 0.423. The number of benzene rings is 2. The van der Waals surface area contributed by atoms with Crippen molar-refractivity contribution in [2.45, 2.75) is 6.54 Å². The molecule has 0 aliphatic rings. The van der Waals surface area contributed by atoms with Gasteiger partial charge in [0.2, 0.25) is 0 Å². The number of hydrogen-bond donors (Lipinski definition) is 3. The molecule has 2 aromatic carbocycles. The van der Waals surface area contributed by atoms with E-state index in [1.165, 1.54) is 0 Å². The summed E-state index contributed by atoms with van der Waals surface area (Å²) >= 11 is 0. The molecule has 0 atom stereocenters. The Morgan fingerprint density at radius 3 is 2.64 bits per heavy atom. The molecule has 128 valence electrons. The highest BCUT2D eigenvalue weighted by Crippen LogP contribution is 2.21. The second-order valence-electron chi connectivity index (χ2n) is 5.54. The van der Waals surface area contributed by atoms with E-state index < -0.39 is 5.91 Å². The number of aromatic nitrogens is 1. The normalized spacial score (nSPS) is 10.3. The number of methoxy groups -OCH3 is 1. The van der Waals surface area contributed by atoms with E-state index in [2.05, 4.69) is 10.7 Å². The van der Waals surface area contributed by atoms with Crippen LogP contribution in [0.4, 0.5) is 11.4 Å². The van der Waals surface area contributed by atoms with Crippen molar-refractivity contribution in [1.82, 2.24) is 4.68 Å². The van der Waals surface area contributed by atoms with Crippen LogP contribution < -0.4 is 21.2 Å². The number of carbonyl (C=O) groups is 1. The largest absolute Gasteiger partial charge is 0.497 e. The van der Waals surface area contributed by atoms with Gasteiger partial charge in [0, 0.05) is 18.8 Å². The molecule has 0 spiro atoms. The van der Waals surface area contributed by atoms with Gasteiger partial charge in [-0.3, -0.25) is 14.9 Å². The van der Waals surface area contributed by atoms with Crippen molar-refractivity contribution in [3.05, 3.63) is 78.1 Å². The molecule has 0 fully saturated rings. The van der Waals surface area contributed by atoms with Crippen molar-refractivity contribution in [2.24, 2.45) is 5.73 Å². The van der Waals surface area contributed by atoms with Crippen LogP contribution in [0.2, 0.25) is 0 Å². The van der Waals surface area contributed by atoms with E-state index in [1.54, 1.807) is 24.2 Å². The van der Waals surface area contributed by atoms with Crippen LogP contribution in [0, 0.1) is 0 Å². The SMILES string of the molecule is COc1cccc(Nn2cc(NCc3ccccc3)c(C(N)=O)c2)c1. The Hall–Kier alpha value is -3.41. The molecule has 6 heteroatoms. The Bertz CT molecular complexity index is 859. The van der Waals surface area contributed by atoms with Crippen molar-refractivity contribution < 1.29 is 9.53 Å². The van der Waals surface area contributed by atoms with E-state index in [0.29, 0.717) is 17.8 Å². The molecule has 3 aromatic rings. The molecule has 0 saturated carbocycles. The van der Waals surface area contributed by atoms with E-state index in [-0.39, 0.29) is 0 Å². The summed E-state index contributed by atoms with van der Waals surface area (Å²) in [5.74, 6) is 0.261. The van der Waals surface area contributed by atoms with Crippen molar-refractivity contribution in [1.29, 1.82) is 0 Å². The second-order valence-corrected chi connectivity index (χ2v) is 5.54. The van der Waals surface area contributed by atoms with Crippen molar-refractivity contribution >= 4 is 17.3 Å². The number of nitrogens with one attached hydrogen (secondary N) is 2. The smallest absolute Gasteiger partial charge is 0.252 e. The summed E-state index contributed by atoms with van der Waals surface area (Å²) in [6.07, 6.45) is 3.46. The highest BCUT2D eigenvalue weighted by molar-refractivity contribution is 5.98. The van der Waals surface area contributed by atoms with Crippen LogP contribution in [-0.4, -0.2) is 17.7 Å². The van der Waals surface area contributed by atoms with Gasteiger partial charge in [-0.2, -0.15) is 0 Å². The van der Waals surface area contributed by atoms with Crippen LogP contribution in [0.25, 0.3) is 0 Å². The average Bonchev–Trinajstić information content (AvgIpc) is 3.04. The minimum Gasteiger partial charge on any atom is -0.497 e. The summed E-state index contributed by atoms with van der Waals surface area (Å²) in [5.41, 5.74) is 11.7. The number of nitrogens with two attached hydrogens (primary N) is 1. The van der Waals surface area contributed by atoms with E-state index in [1.807, 2.05) is 54.6 Å². The lowest BCUT2D eigenvalue weighted by Crippen LogP contribution is -2.13. The molecule has 0 unspecified atom stereocenters. The number of anilines is 2. The van der Waals surface area contributed by atoms with Crippen LogP contribution in [0.5, 0.6) is 5.75 Å². The third kappa shape index (κ3) is 4.11. The first-order valence-electron chi connectivity index (χ1n) is 7.86. The Kier molecular flexibility index (Phi) is 4.89. The van der Waals surface area contributed by atoms with Gasteiger partial charge in [0.25, 0.3) is 5.91 Å². The van der Waals surface area contributed by atoms with Crippen LogP contribution >= 0.6 is 0 Å². The van der Waals surface area contributed by atoms with Crippen LogP contribution in [0.15, 0.2) is 67.0 Å². The molecule has 3 rings (SSSR count). The molecule has 1 amide bonds. The van der Waals surface area contributed by atoms with E-state index in [0.717, 1.165) is 17.0 Å². The molecule has 0 aliphatic carbocycles. The van der Waals surface area contributed by atoms with Crippen molar-refractivity contribution in [3.63, 3.8) is 0 Å². The maximum atomic E-state index is 11.7. The average molecular weight is 336 g/mol. The highest BCUT2D eigenvalue weighted by atomic mass is 16.5. The first kappa shape index (κ1) is 16.4. The number of amides is 1. The quantitative estimate of drug-likeness (QED) is 0.619. The number of primary amides is 1. The van der Waals surface area contributed by atoms with E-state index >= 15 is 0 Å². The van der Waals surface area contributed by atoms with Gasteiger partial charge in [-0.1, -0.05) is 36.4 Å².